The minimum Gasteiger partial charge on any atom is -0.365 e. The highest BCUT2D eigenvalue weighted by Crippen LogP contribution is 2.17. The Kier molecular flexibility index (Phi) is 3.81. The Hall–Kier alpha value is -3.72. The van der Waals surface area contributed by atoms with Crippen molar-refractivity contribution in [2.45, 2.75) is 6.54 Å². The van der Waals surface area contributed by atoms with Gasteiger partial charge in [0.2, 0.25) is 0 Å². The van der Waals surface area contributed by atoms with Crippen LogP contribution in [0.25, 0.3) is 16.9 Å². The van der Waals surface area contributed by atoms with Crippen LogP contribution < -0.4 is 5.32 Å². The van der Waals surface area contributed by atoms with E-state index in [2.05, 4.69) is 26.3 Å². The van der Waals surface area contributed by atoms with Gasteiger partial charge in [-0.15, -0.1) is 0 Å². The third-order valence-corrected chi connectivity index (χ3v) is 3.90. The molecule has 1 aromatic carbocycles. The van der Waals surface area contributed by atoms with Gasteiger partial charge in [0.25, 0.3) is 0 Å². The number of rotatable bonds is 4. The largest absolute Gasteiger partial charge is 0.365 e. The second-order valence-electron chi connectivity index (χ2n) is 5.49. The fourth-order valence-electron chi connectivity index (χ4n) is 2.63. The summed E-state index contributed by atoms with van der Waals surface area (Å²) in [5.41, 5.74) is 3.49. The number of aromatic nitrogens is 4. The second-order valence-corrected chi connectivity index (χ2v) is 5.49. The normalized spacial score (nSPS) is 10.5. The molecule has 1 N–H and O–H groups in total. The van der Waals surface area contributed by atoms with Crippen LogP contribution in [0.5, 0.6) is 0 Å². The molecule has 25 heavy (non-hydrogen) atoms. The maximum absolute atomic E-state index is 9.09. The maximum atomic E-state index is 9.09. The lowest BCUT2D eigenvalue weighted by Gasteiger charge is -2.08. The molecule has 0 atom stereocenters. The van der Waals surface area contributed by atoms with Gasteiger partial charge in [0.1, 0.15) is 24.0 Å². The average molecular weight is 326 g/mol. The Labute approximate surface area is 144 Å². The first-order valence-electron chi connectivity index (χ1n) is 7.81. The van der Waals surface area contributed by atoms with E-state index in [-0.39, 0.29) is 0 Å². The zero-order valence-electron chi connectivity index (χ0n) is 13.3. The Morgan fingerprint density at radius 1 is 1.00 bits per heavy atom. The topological polar surface area (TPSA) is 79.4 Å². The number of benzene rings is 1. The Balaban J connectivity index is 1.54. The number of nitrogens with one attached hydrogen (secondary N) is 1. The number of fused-ring (bicyclic) bond motifs is 1. The molecule has 3 aromatic heterocycles. The van der Waals surface area contributed by atoms with Crippen molar-refractivity contribution in [3.05, 3.63) is 78.4 Å². The van der Waals surface area contributed by atoms with E-state index in [1.165, 1.54) is 0 Å². The van der Waals surface area contributed by atoms with E-state index in [4.69, 9.17) is 5.26 Å². The van der Waals surface area contributed by atoms with Gasteiger partial charge in [-0.2, -0.15) is 5.26 Å². The minimum absolute atomic E-state index is 0.525. The molecule has 0 aliphatic rings. The van der Waals surface area contributed by atoms with E-state index in [0.29, 0.717) is 17.9 Å². The third kappa shape index (κ3) is 2.91. The molecular weight excluding hydrogens is 312 g/mol. The SMILES string of the molecule is N#Cc1cccnc1NCc1ccc(-n2cnc3ccccc32)nc1. The first-order chi connectivity index (χ1) is 12.3. The molecule has 0 aliphatic carbocycles. The van der Waals surface area contributed by atoms with Gasteiger partial charge in [-0.3, -0.25) is 4.57 Å². The van der Waals surface area contributed by atoms with E-state index in [1.807, 2.05) is 47.2 Å². The van der Waals surface area contributed by atoms with Crippen LogP contribution in [0.2, 0.25) is 0 Å². The molecule has 0 aliphatic heterocycles. The molecule has 120 valence electrons. The molecule has 0 saturated heterocycles. The van der Waals surface area contributed by atoms with Gasteiger partial charge in [-0.1, -0.05) is 18.2 Å². The molecular formula is C19H14N6. The standard InChI is InChI=1S/C19H14N6/c20-10-15-4-3-9-21-19(15)23-12-14-7-8-18(22-11-14)25-13-24-16-5-1-2-6-17(16)25/h1-9,11,13H,12H2,(H,21,23). The van der Waals surface area contributed by atoms with Gasteiger partial charge >= 0.3 is 0 Å². The summed E-state index contributed by atoms with van der Waals surface area (Å²) in [5.74, 6) is 1.39. The molecule has 0 bridgehead atoms. The Morgan fingerprint density at radius 3 is 2.76 bits per heavy atom. The van der Waals surface area contributed by atoms with Crippen LogP contribution >= 0.6 is 0 Å². The summed E-state index contributed by atoms with van der Waals surface area (Å²) < 4.78 is 1.96. The number of anilines is 1. The molecule has 0 unspecified atom stereocenters. The van der Waals surface area contributed by atoms with Crippen LogP contribution in [0.4, 0.5) is 5.82 Å². The molecule has 4 aromatic rings. The summed E-state index contributed by atoms with van der Waals surface area (Å²) in [6, 6.07) is 17.5. The van der Waals surface area contributed by atoms with E-state index < -0.39 is 0 Å². The Morgan fingerprint density at radius 2 is 1.92 bits per heavy atom. The quantitative estimate of drug-likeness (QED) is 0.622. The molecule has 0 amide bonds. The van der Waals surface area contributed by atoms with Crippen molar-refractivity contribution in [2.24, 2.45) is 0 Å². The van der Waals surface area contributed by atoms with Crippen molar-refractivity contribution >= 4 is 16.9 Å². The van der Waals surface area contributed by atoms with Gasteiger partial charge in [-0.05, 0) is 35.9 Å². The summed E-state index contributed by atoms with van der Waals surface area (Å²) in [7, 11) is 0. The van der Waals surface area contributed by atoms with Crippen LogP contribution in [-0.2, 0) is 6.54 Å². The van der Waals surface area contributed by atoms with Gasteiger partial charge < -0.3 is 5.32 Å². The van der Waals surface area contributed by atoms with Crippen molar-refractivity contribution in [1.29, 1.82) is 5.26 Å². The molecule has 0 fully saturated rings. The summed E-state index contributed by atoms with van der Waals surface area (Å²) in [6.45, 7) is 0.545. The van der Waals surface area contributed by atoms with Crippen LogP contribution in [-0.4, -0.2) is 19.5 Å². The fourth-order valence-corrected chi connectivity index (χ4v) is 2.63. The average Bonchev–Trinajstić information content (AvgIpc) is 3.11. The highest BCUT2D eigenvalue weighted by Gasteiger charge is 2.06. The summed E-state index contributed by atoms with van der Waals surface area (Å²) in [5, 5.41) is 12.3. The zero-order valence-corrected chi connectivity index (χ0v) is 13.3. The molecule has 3 heterocycles. The second kappa shape index (κ2) is 6.42. The van der Waals surface area contributed by atoms with Crippen molar-refractivity contribution < 1.29 is 0 Å². The van der Waals surface area contributed by atoms with Gasteiger partial charge in [-0.25, -0.2) is 15.0 Å². The molecule has 0 spiro atoms. The smallest absolute Gasteiger partial charge is 0.144 e. The molecule has 6 nitrogen and oxygen atoms in total. The zero-order chi connectivity index (χ0) is 17.1. The maximum Gasteiger partial charge on any atom is 0.144 e. The van der Waals surface area contributed by atoms with Crippen LogP contribution in [0.3, 0.4) is 0 Å². The van der Waals surface area contributed by atoms with Gasteiger partial charge in [0.15, 0.2) is 0 Å². The lowest BCUT2D eigenvalue weighted by molar-refractivity contribution is 0.999. The number of nitrogens with zero attached hydrogens (tertiary/aromatic N) is 5. The molecule has 0 radical (unpaired) electrons. The first-order valence-corrected chi connectivity index (χ1v) is 7.81. The molecule has 4 rings (SSSR count). The third-order valence-electron chi connectivity index (χ3n) is 3.90. The van der Waals surface area contributed by atoms with E-state index in [0.717, 1.165) is 22.4 Å². The van der Waals surface area contributed by atoms with Crippen LogP contribution in [0, 0.1) is 11.3 Å². The lowest BCUT2D eigenvalue weighted by atomic mass is 10.2. The number of pyridine rings is 2. The summed E-state index contributed by atoms with van der Waals surface area (Å²) in [6.07, 6.45) is 5.25. The van der Waals surface area contributed by atoms with Crippen molar-refractivity contribution in [2.75, 3.05) is 5.32 Å². The monoisotopic (exact) mass is 326 g/mol. The van der Waals surface area contributed by atoms with E-state index >= 15 is 0 Å². The van der Waals surface area contributed by atoms with Gasteiger partial charge in [0, 0.05) is 18.9 Å². The number of nitriles is 1. The number of imidazole rings is 1. The number of hydrogen-bond acceptors (Lipinski definition) is 5. The summed E-state index contributed by atoms with van der Waals surface area (Å²) in [4.78, 5) is 13.1. The number of para-hydroxylation sites is 2. The summed E-state index contributed by atoms with van der Waals surface area (Å²) >= 11 is 0. The predicted molar refractivity (Wildman–Crippen MR) is 95.1 cm³/mol. The predicted octanol–water partition coefficient (Wildman–Crippen LogP) is 3.30. The van der Waals surface area contributed by atoms with Crippen molar-refractivity contribution in [3.63, 3.8) is 0 Å². The first kappa shape index (κ1) is 14.8. The minimum atomic E-state index is 0.525. The Bertz CT molecular complexity index is 1060. The van der Waals surface area contributed by atoms with Crippen LogP contribution in [0.1, 0.15) is 11.1 Å². The van der Waals surface area contributed by atoms with E-state index in [1.54, 1.807) is 24.7 Å². The lowest BCUT2D eigenvalue weighted by Crippen LogP contribution is -2.04. The van der Waals surface area contributed by atoms with Gasteiger partial charge in [0.05, 0.1) is 16.6 Å². The van der Waals surface area contributed by atoms with Crippen molar-refractivity contribution in [1.82, 2.24) is 19.5 Å². The highest BCUT2D eigenvalue weighted by molar-refractivity contribution is 5.76. The fraction of sp³-hybridized carbons (Fsp3) is 0.0526. The molecule has 0 saturated carbocycles. The van der Waals surface area contributed by atoms with Crippen LogP contribution in [0.15, 0.2) is 67.3 Å². The van der Waals surface area contributed by atoms with Crippen molar-refractivity contribution in [3.8, 4) is 11.9 Å². The highest BCUT2D eigenvalue weighted by atomic mass is 15.1. The number of hydrogen-bond donors (Lipinski definition) is 1. The molecule has 6 heteroatoms. The van der Waals surface area contributed by atoms with E-state index in [9.17, 15) is 0 Å².